The van der Waals surface area contributed by atoms with Crippen LogP contribution in [0.4, 0.5) is 5.69 Å². The monoisotopic (exact) mass is 450 g/mol. The Balaban J connectivity index is 1.50. The summed E-state index contributed by atoms with van der Waals surface area (Å²) >= 11 is 1.30. The lowest BCUT2D eigenvalue weighted by Gasteiger charge is -2.29. The van der Waals surface area contributed by atoms with E-state index in [2.05, 4.69) is 5.32 Å². The first kappa shape index (κ1) is 22.0. The number of thiophene rings is 1. The Hall–Kier alpha value is -2.72. The second kappa shape index (κ2) is 9.40. The van der Waals surface area contributed by atoms with Gasteiger partial charge in [0.1, 0.15) is 0 Å². The van der Waals surface area contributed by atoms with Crippen molar-refractivity contribution in [3.63, 3.8) is 0 Å². The van der Waals surface area contributed by atoms with Crippen LogP contribution < -0.4 is 9.62 Å². The molecule has 0 atom stereocenters. The number of ketones is 1. The maximum Gasteiger partial charge on any atom is 0.308 e. The van der Waals surface area contributed by atoms with Crippen LogP contribution in [0.2, 0.25) is 0 Å². The summed E-state index contributed by atoms with van der Waals surface area (Å²) < 4.78 is 30.2. The first-order valence-corrected chi connectivity index (χ1v) is 12.1. The fourth-order valence-electron chi connectivity index (χ4n) is 3.16. The van der Waals surface area contributed by atoms with E-state index in [9.17, 15) is 22.8 Å². The number of carbonyl (C=O) groups excluding carboxylic acids is 3. The van der Waals surface area contributed by atoms with Crippen molar-refractivity contribution in [2.75, 3.05) is 30.3 Å². The van der Waals surface area contributed by atoms with Crippen molar-refractivity contribution in [1.29, 1.82) is 0 Å². The molecule has 1 N–H and O–H groups in total. The third kappa shape index (κ3) is 5.45. The van der Waals surface area contributed by atoms with Gasteiger partial charge in [-0.1, -0.05) is 6.07 Å². The molecule has 1 amide bonds. The lowest BCUT2D eigenvalue weighted by molar-refractivity contribution is -0.142. The molecule has 0 fully saturated rings. The normalized spacial score (nSPS) is 13.4. The number of hydrogen-bond acceptors (Lipinski definition) is 7. The van der Waals surface area contributed by atoms with Crippen LogP contribution >= 0.6 is 11.3 Å². The topological polar surface area (TPSA) is 110 Å². The van der Waals surface area contributed by atoms with Gasteiger partial charge >= 0.3 is 5.97 Å². The average Bonchev–Trinajstić information content (AvgIpc) is 3.25. The second-order valence-corrected chi connectivity index (χ2v) is 9.70. The molecule has 1 aromatic carbocycles. The highest BCUT2D eigenvalue weighted by Crippen LogP contribution is 2.30. The molecule has 0 bridgehead atoms. The SMILES string of the molecule is CS(=O)(=O)N1CCCc2cc(C(=O)COC(=O)CCNC(=O)c3cccs3)ccc21. The van der Waals surface area contributed by atoms with E-state index in [1.165, 1.54) is 15.6 Å². The van der Waals surface area contributed by atoms with Crippen molar-refractivity contribution >= 4 is 44.7 Å². The Morgan fingerprint density at radius 3 is 2.73 bits per heavy atom. The molecule has 0 unspecified atom stereocenters. The third-order valence-corrected chi connectivity index (χ3v) is 6.65. The van der Waals surface area contributed by atoms with Crippen LogP contribution in [-0.4, -0.2) is 52.0 Å². The van der Waals surface area contributed by atoms with Gasteiger partial charge in [-0.2, -0.15) is 0 Å². The molecular weight excluding hydrogens is 428 g/mol. The summed E-state index contributed by atoms with van der Waals surface area (Å²) in [4.78, 5) is 36.6. The molecule has 8 nitrogen and oxygen atoms in total. The minimum absolute atomic E-state index is 0.0437. The maximum atomic E-state index is 12.4. The largest absolute Gasteiger partial charge is 0.457 e. The third-order valence-electron chi connectivity index (χ3n) is 4.60. The molecule has 2 aromatic rings. The Morgan fingerprint density at radius 2 is 2.03 bits per heavy atom. The number of fused-ring (bicyclic) bond motifs is 1. The minimum atomic E-state index is -3.37. The van der Waals surface area contributed by atoms with Crippen LogP contribution in [0.3, 0.4) is 0 Å². The van der Waals surface area contributed by atoms with Gasteiger partial charge in [-0.3, -0.25) is 18.7 Å². The van der Waals surface area contributed by atoms with Gasteiger partial charge in [-0.15, -0.1) is 11.3 Å². The molecule has 1 aliphatic rings. The van der Waals surface area contributed by atoms with E-state index in [0.717, 1.165) is 11.8 Å². The fourth-order valence-corrected chi connectivity index (χ4v) is 4.79. The maximum absolute atomic E-state index is 12.4. The van der Waals surface area contributed by atoms with Gasteiger partial charge in [0, 0.05) is 18.7 Å². The number of nitrogens with one attached hydrogen (secondary N) is 1. The summed E-state index contributed by atoms with van der Waals surface area (Å²) in [5.74, 6) is -1.22. The van der Waals surface area contributed by atoms with Crippen LogP contribution in [0.15, 0.2) is 35.7 Å². The zero-order chi connectivity index (χ0) is 21.7. The quantitative estimate of drug-likeness (QED) is 0.487. The molecule has 3 rings (SSSR count). The highest BCUT2D eigenvalue weighted by atomic mass is 32.2. The zero-order valence-electron chi connectivity index (χ0n) is 16.4. The van der Waals surface area contributed by atoms with E-state index in [4.69, 9.17) is 4.74 Å². The van der Waals surface area contributed by atoms with Gasteiger partial charge in [-0.05, 0) is 48.1 Å². The predicted octanol–water partition coefficient (Wildman–Crippen LogP) is 2.01. The average molecular weight is 451 g/mol. The van der Waals surface area contributed by atoms with E-state index >= 15 is 0 Å². The number of hydrogen-bond donors (Lipinski definition) is 1. The number of carbonyl (C=O) groups is 3. The summed E-state index contributed by atoms with van der Waals surface area (Å²) in [7, 11) is -3.37. The molecule has 160 valence electrons. The highest BCUT2D eigenvalue weighted by Gasteiger charge is 2.24. The van der Waals surface area contributed by atoms with Crippen molar-refractivity contribution in [3.05, 3.63) is 51.7 Å². The van der Waals surface area contributed by atoms with Gasteiger partial charge < -0.3 is 10.1 Å². The lowest BCUT2D eigenvalue weighted by Crippen LogP contribution is -2.34. The highest BCUT2D eigenvalue weighted by molar-refractivity contribution is 7.92. The molecule has 0 spiro atoms. The van der Waals surface area contributed by atoms with Crippen LogP contribution in [0.25, 0.3) is 0 Å². The Bertz CT molecular complexity index is 1050. The molecule has 0 saturated carbocycles. The van der Waals surface area contributed by atoms with E-state index in [1.54, 1.807) is 35.7 Å². The van der Waals surface area contributed by atoms with Crippen molar-refractivity contribution in [2.24, 2.45) is 0 Å². The van der Waals surface area contributed by atoms with Crippen molar-refractivity contribution in [3.8, 4) is 0 Å². The Morgan fingerprint density at radius 1 is 1.23 bits per heavy atom. The number of benzene rings is 1. The second-order valence-electron chi connectivity index (χ2n) is 6.85. The Labute approximate surface area is 178 Å². The van der Waals surface area contributed by atoms with Gasteiger partial charge in [0.25, 0.3) is 5.91 Å². The first-order chi connectivity index (χ1) is 14.3. The minimum Gasteiger partial charge on any atom is -0.457 e. The molecule has 0 saturated heterocycles. The predicted molar refractivity (Wildman–Crippen MR) is 114 cm³/mol. The van der Waals surface area contributed by atoms with Crippen molar-refractivity contribution < 1.29 is 27.5 Å². The number of anilines is 1. The van der Waals surface area contributed by atoms with E-state index in [0.29, 0.717) is 35.5 Å². The molecule has 30 heavy (non-hydrogen) atoms. The van der Waals surface area contributed by atoms with Crippen molar-refractivity contribution in [1.82, 2.24) is 5.32 Å². The zero-order valence-corrected chi connectivity index (χ0v) is 18.1. The molecule has 1 aromatic heterocycles. The number of rotatable bonds is 8. The van der Waals surface area contributed by atoms with Crippen LogP contribution in [0.1, 0.15) is 38.4 Å². The molecule has 0 radical (unpaired) electrons. The smallest absolute Gasteiger partial charge is 0.308 e. The van der Waals surface area contributed by atoms with E-state index < -0.39 is 22.6 Å². The van der Waals surface area contributed by atoms with Gasteiger partial charge in [-0.25, -0.2) is 8.42 Å². The van der Waals surface area contributed by atoms with Crippen LogP contribution in [0, 0.1) is 0 Å². The van der Waals surface area contributed by atoms with Gasteiger partial charge in [0.15, 0.2) is 12.4 Å². The first-order valence-electron chi connectivity index (χ1n) is 9.37. The lowest BCUT2D eigenvalue weighted by atomic mass is 9.99. The fraction of sp³-hybridized carbons (Fsp3) is 0.350. The molecule has 10 heteroatoms. The number of esters is 1. The van der Waals surface area contributed by atoms with Crippen LogP contribution in [0.5, 0.6) is 0 Å². The number of amides is 1. The number of nitrogens with zero attached hydrogens (tertiary/aromatic N) is 1. The van der Waals surface area contributed by atoms with Gasteiger partial charge in [0.05, 0.1) is 23.2 Å². The summed E-state index contributed by atoms with van der Waals surface area (Å²) in [5.41, 5.74) is 1.72. The molecule has 1 aliphatic heterocycles. The summed E-state index contributed by atoms with van der Waals surface area (Å²) in [6, 6.07) is 8.26. The summed E-state index contributed by atoms with van der Waals surface area (Å²) in [6.45, 7) is 0.121. The Kier molecular flexibility index (Phi) is 6.88. The molecular formula is C20H22N2O6S2. The van der Waals surface area contributed by atoms with Crippen molar-refractivity contribution in [2.45, 2.75) is 19.3 Å². The summed E-state index contributed by atoms with van der Waals surface area (Å²) in [6.07, 6.45) is 2.46. The molecule has 0 aliphatic carbocycles. The molecule has 2 heterocycles. The van der Waals surface area contributed by atoms with E-state index in [-0.39, 0.29) is 24.7 Å². The number of aryl methyl sites for hydroxylation is 1. The van der Waals surface area contributed by atoms with E-state index in [1.807, 2.05) is 0 Å². The number of sulfonamides is 1. The van der Waals surface area contributed by atoms with Crippen LogP contribution in [-0.2, 0) is 26.0 Å². The summed E-state index contributed by atoms with van der Waals surface area (Å²) in [5, 5.41) is 4.40. The standard InChI is InChI=1S/C20H22N2O6S2/c1-30(26,27)22-10-2-4-14-12-15(6-7-16(14)22)17(23)13-28-19(24)8-9-21-20(25)18-5-3-11-29-18/h3,5-7,11-12H,2,4,8-10,13H2,1H3,(H,21,25). The number of ether oxygens (including phenoxy) is 1. The van der Waals surface area contributed by atoms with Gasteiger partial charge in [0.2, 0.25) is 10.0 Å². The number of Topliss-reactive ketones (excluding diaryl/α,β-unsaturated/α-hetero) is 1.